The second-order valence-corrected chi connectivity index (χ2v) is 12.9. The summed E-state index contributed by atoms with van der Waals surface area (Å²) in [4.78, 5) is 16.2. The number of Topliss-reactive ketones (excluding diaryl/α,β-unsaturated/α-hetero) is 1. The van der Waals surface area contributed by atoms with E-state index in [-0.39, 0.29) is 11.2 Å². The molecule has 8 heteroatoms. The highest BCUT2D eigenvalue weighted by Crippen LogP contribution is 2.49. The summed E-state index contributed by atoms with van der Waals surface area (Å²) < 4.78 is 12.4. The molecule has 45 heavy (non-hydrogen) atoms. The van der Waals surface area contributed by atoms with Gasteiger partial charge >= 0.3 is 0 Å². The quantitative estimate of drug-likeness (QED) is 0.196. The molecule has 6 nitrogen and oxygen atoms in total. The smallest absolute Gasteiger partial charge is 0.178 e. The van der Waals surface area contributed by atoms with Crippen LogP contribution in [0.5, 0.6) is 11.5 Å². The normalized spacial score (nSPS) is 17.0. The van der Waals surface area contributed by atoms with Crippen molar-refractivity contribution in [2.75, 3.05) is 22.1 Å². The van der Waals surface area contributed by atoms with E-state index in [2.05, 4.69) is 29.4 Å². The molecule has 4 aromatic carbocycles. The first-order valence-corrected chi connectivity index (χ1v) is 15.9. The SMILES string of the molecule is CCOc1cc(C2C3=C(CC(C)(C)CC3=O)Nc3ccccc3N2C(=S)Nc2ccccc2)ccc1OCc1ccc(Cl)cc1. The Morgan fingerprint density at radius 1 is 0.956 bits per heavy atom. The molecule has 2 N–H and O–H groups in total. The standard InChI is InChI=1S/C37H36ClN3O3S/c1-4-43-33-20-25(16-19-32(33)44-23-24-14-17-26(38)18-15-24)35-34-29(21-37(2,3)22-31(34)42)40-28-12-8-9-13-30(28)41(35)36(45)39-27-10-6-5-7-11-27/h5-20,35,40H,4,21-23H2,1-3H3,(H,39,45). The number of allylic oxidation sites excluding steroid dienone is 1. The number of hydrogen-bond donors (Lipinski definition) is 2. The Hall–Kier alpha value is -4.33. The number of thiocarbonyl (C=S) groups is 1. The van der Waals surface area contributed by atoms with E-state index in [1.165, 1.54) is 0 Å². The van der Waals surface area contributed by atoms with Crippen LogP contribution in [0.4, 0.5) is 17.1 Å². The lowest BCUT2D eigenvalue weighted by Gasteiger charge is -2.38. The van der Waals surface area contributed by atoms with Gasteiger partial charge in [-0.25, -0.2) is 0 Å². The highest BCUT2D eigenvalue weighted by atomic mass is 35.5. The molecule has 1 heterocycles. The Morgan fingerprint density at radius 2 is 1.69 bits per heavy atom. The van der Waals surface area contributed by atoms with Gasteiger partial charge in [0.15, 0.2) is 22.4 Å². The van der Waals surface area contributed by atoms with Gasteiger partial charge in [-0.1, -0.05) is 74.0 Å². The van der Waals surface area contributed by atoms with Gasteiger partial charge in [-0.05, 0) is 90.6 Å². The van der Waals surface area contributed by atoms with E-state index in [0.717, 1.165) is 40.3 Å². The predicted octanol–water partition coefficient (Wildman–Crippen LogP) is 9.33. The van der Waals surface area contributed by atoms with E-state index in [1.807, 2.05) is 104 Å². The molecule has 0 saturated carbocycles. The first-order valence-electron chi connectivity index (χ1n) is 15.1. The Balaban J connectivity index is 1.48. The predicted molar refractivity (Wildman–Crippen MR) is 186 cm³/mol. The van der Waals surface area contributed by atoms with E-state index in [0.29, 0.717) is 46.8 Å². The van der Waals surface area contributed by atoms with E-state index in [9.17, 15) is 4.79 Å². The van der Waals surface area contributed by atoms with Crippen molar-refractivity contribution >= 4 is 51.8 Å². The zero-order valence-corrected chi connectivity index (χ0v) is 27.2. The van der Waals surface area contributed by atoms with Crippen molar-refractivity contribution in [2.45, 2.75) is 46.3 Å². The van der Waals surface area contributed by atoms with Crippen molar-refractivity contribution in [3.8, 4) is 11.5 Å². The number of para-hydroxylation sites is 3. The lowest BCUT2D eigenvalue weighted by Crippen LogP contribution is -2.41. The molecule has 0 aromatic heterocycles. The molecule has 0 radical (unpaired) electrons. The van der Waals surface area contributed by atoms with Gasteiger partial charge in [0.25, 0.3) is 0 Å². The van der Waals surface area contributed by atoms with Crippen LogP contribution in [0.2, 0.25) is 5.02 Å². The topological polar surface area (TPSA) is 62.8 Å². The van der Waals surface area contributed by atoms with Crippen LogP contribution in [0.15, 0.2) is 108 Å². The van der Waals surface area contributed by atoms with Crippen LogP contribution in [0.25, 0.3) is 0 Å². The van der Waals surface area contributed by atoms with Gasteiger partial charge in [0.2, 0.25) is 0 Å². The van der Waals surface area contributed by atoms with Crippen LogP contribution in [-0.2, 0) is 11.4 Å². The maximum atomic E-state index is 14.2. The summed E-state index contributed by atoms with van der Waals surface area (Å²) in [5.41, 5.74) is 5.93. The molecule has 0 fully saturated rings. The number of carbonyl (C=O) groups is 1. The molecule has 1 atom stereocenters. The second kappa shape index (κ2) is 13.0. The van der Waals surface area contributed by atoms with Crippen LogP contribution in [0.3, 0.4) is 0 Å². The van der Waals surface area contributed by atoms with Crippen molar-refractivity contribution in [2.24, 2.45) is 5.41 Å². The maximum Gasteiger partial charge on any atom is 0.178 e. The summed E-state index contributed by atoms with van der Waals surface area (Å²) in [5.74, 6) is 1.31. The van der Waals surface area contributed by atoms with Gasteiger partial charge in [-0.3, -0.25) is 4.79 Å². The van der Waals surface area contributed by atoms with E-state index in [4.69, 9.17) is 33.3 Å². The molecular formula is C37H36ClN3O3S. The minimum absolute atomic E-state index is 0.0973. The van der Waals surface area contributed by atoms with Gasteiger partial charge in [-0.2, -0.15) is 0 Å². The van der Waals surface area contributed by atoms with Crippen LogP contribution < -0.4 is 25.0 Å². The fraction of sp³-hybridized carbons (Fsp3) is 0.243. The number of benzene rings is 4. The molecule has 4 aromatic rings. The minimum Gasteiger partial charge on any atom is -0.490 e. The summed E-state index contributed by atoms with van der Waals surface area (Å²) >= 11 is 12.2. The van der Waals surface area contributed by atoms with Crippen molar-refractivity contribution in [3.05, 3.63) is 124 Å². The lowest BCUT2D eigenvalue weighted by molar-refractivity contribution is -0.118. The Bertz CT molecular complexity index is 1750. The van der Waals surface area contributed by atoms with Crippen molar-refractivity contribution in [1.82, 2.24) is 0 Å². The third-order valence-corrected chi connectivity index (χ3v) is 8.59. The summed E-state index contributed by atoms with van der Waals surface area (Å²) in [6.07, 6.45) is 1.17. The molecule has 1 aliphatic carbocycles. The average molecular weight is 638 g/mol. The van der Waals surface area contributed by atoms with Crippen molar-refractivity contribution in [3.63, 3.8) is 0 Å². The second-order valence-electron chi connectivity index (χ2n) is 12.1. The minimum atomic E-state index is -0.520. The fourth-order valence-corrected chi connectivity index (χ4v) is 6.50. The van der Waals surface area contributed by atoms with Gasteiger partial charge in [0, 0.05) is 28.4 Å². The molecule has 0 spiro atoms. The molecule has 1 unspecified atom stereocenters. The highest BCUT2D eigenvalue weighted by molar-refractivity contribution is 7.80. The van der Waals surface area contributed by atoms with Gasteiger partial charge in [0.1, 0.15) is 6.61 Å². The van der Waals surface area contributed by atoms with Crippen molar-refractivity contribution in [1.29, 1.82) is 0 Å². The number of carbonyl (C=O) groups excluding carboxylic acids is 1. The van der Waals surface area contributed by atoms with Gasteiger partial charge in [0.05, 0.1) is 24.0 Å². The van der Waals surface area contributed by atoms with E-state index in [1.54, 1.807) is 0 Å². The highest BCUT2D eigenvalue weighted by Gasteiger charge is 2.42. The third-order valence-electron chi connectivity index (χ3n) is 8.04. The molecule has 6 rings (SSSR count). The third kappa shape index (κ3) is 6.70. The molecule has 0 amide bonds. The largest absolute Gasteiger partial charge is 0.490 e. The molecule has 230 valence electrons. The van der Waals surface area contributed by atoms with Crippen LogP contribution in [0.1, 0.15) is 50.8 Å². The van der Waals surface area contributed by atoms with Gasteiger partial charge < -0.3 is 25.0 Å². The molecule has 0 saturated heterocycles. The summed E-state index contributed by atoms with van der Waals surface area (Å²) in [5, 5.41) is 8.24. The van der Waals surface area contributed by atoms with Crippen LogP contribution in [0, 0.1) is 5.41 Å². The van der Waals surface area contributed by atoms with Crippen LogP contribution >= 0.6 is 23.8 Å². The Morgan fingerprint density at radius 3 is 2.44 bits per heavy atom. The first-order chi connectivity index (χ1) is 21.7. The van der Waals surface area contributed by atoms with Crippen molar-refractivity contribution < 1.29 is 14.3 Å². The number of ketones is 1. The zero-order chi connectivity index (χ0) is 31.6. The Kier molecular flexibility index (Phi) is 8.83. The molecule has 1 aliphatic heterocycles. The zero-order valence-electron chi connectivity index (χ0n) is 25.6. The van der Waals surface area contributed by atoms with E-state index < -0.39 is 6.04 Å². The number of nitrogens with zero attached hydrogens (tertiary/aromatic N) is 1. The lowest BCUT2D eigenvalue weighted by atomic mass is 9.73. The number of anilines is 3. The number of nitrogens with one attached hydrogen (secondary N) is 2. The average Bonchev–Trinajstić information content (AvgIpc) is 3.16. The maximum absolute atomic E-state index is 14.2. The Labute approximate surface area is 275 Å². The number of rotatable bonds is 7. The van der Waals surface area contributed by atoms with Gasteiger partial charge in [-0.15, -0.1) is 0 Å². The molecule has 2 aliphatic rings. The molecule has 0 bridgehead atoms. The number of hydrogen-bond acceptors (Lipinski definition) is 5. The fourth-order valence-electron chi connectivity index (χ4n) is 6.06. The summed E-state index contributed by atoms with van der Waals surface area (Å²) in [7, 11) is 0. The first kappa shape index (κ1) is 30.7. The number of fused-ring (bicyclic) bond motifs is 1. The number of ether oxygens (including phenoxy) is 2. The van der Waals surface area contributed by atoms with Crippen LogP contribution in [-0.4, -0.2) is 17.5 Å². The number of halogens is 1. The monoisotopic (exact) mass is 637 g/mol. The summed E-state index contributed by atoms with van der Waals surface area (Å²) in [6, 6.07) is 30.9. The summed E-state index contributed by atoms with van der Waals surface area (Å²) in [6.45, 7) is 7.04. The van der Waals surface area contributed by atoms with E-state index >= 15 is 0 Å². The molecular weight excluding hydrogens is 602 g/mol.